The van der Waals surface area contributed by atoms with Crippen molar-refractivity contribution in [1.82, 2.24) is 0 Å². The topological polar surface area (TPSA) is 63.6 Å². The van der Waals surface area contributed by atoms with Crippen molar-refractivity contribution in [2.75, 3.05) is 7.11 Å². The lowest BCUT2D eigenvalue weighted by molar-refractivity contribution is 0.418. The minimum absolute atomic E-state index is 0.0643. The maximum Gasteiger partial charge on any atom is 0.295 e. The van der Waals surface area contributed by atoms with Crippen molar-refractivity contribution in [2.24, 2.45) is 0 Å². The Morgan fingerprint density at radius 1 is 0.821 bits per heavy atom. The zero-order chi connectivity index (χ0) is 20.3. The first-order valence-corrected chi connectivity index (χ1v) is 11.7. The van der Waals surface area contributed by atoms with Gasteiger partial charge in [-0.3, -0.25) is 4.55 Å². The average Bonchev–Trinajstić information content (AvgIpc) is 2.68. The van der Waals surface area contributed by atoms with Gasteiger partial charge < -0.3 is 4.74 Å². The molecule has 146 valence electrons. The highest BCUT2D eigenvalue weighted by molar-refractivity contribution is 7.88. The first-order valence-electron chi connectivity index (χ1n) is 8.93. The van der Waals surface area contributed by atoms with Crippen LogP contribution in [0.4, 0.5) is 0 Å². The minimum Gasteiger partial charge on any atom is -0.496 e. The molecule has 0 aromatic heterocycles. The van der Waals surface area contributed by atoms with Gasteiger partial charge in [-0.2, -0.15) is 8.42 Å². The van der Waals surface area contributed by atoms with Crippen molar-refractivity contribution in [3.63, 3.8) is 0 Å². The molecule has 0 amide bonds. The molecule has 0 saturated carbocycles. The largest absolute Gasteiger partial charge is 0.496 e. The zero-order valence-corrected chi connectivity index (χ0v) is 17.7. The first kappa shape index (κ1) is 20.5. The lowest BCUT2D eigenvalue weighted by Crippen LogP contribution is -2.27. The van der Waals surface area contributed by atoms with E-state index in [1.165, 1.54) is 6.07 Å². The molecule has 0 aliphatic rings. The molecule has 0 fully saturated rings. The third-order valence-electron chi connectivity index (χ3n) is 4.51. The smallest absolute Gasteiger partial charge is 0.295 e. The van der Waals surface area contributed by atoms with Crippen molar-refractivity contribution in [3.8, 4) is 5.75 Å². The second-order valence-corrected chi connectivity index (χ2v) is 10.2. The van der Waals surface area contributed by atoms with E-state index in [0.717, 1.165) is 16.2 Å². The highest BCUT2D eigenvalue weighted by atomic mass is 32.2. The minimum atomic E-state index is -4.37. The van der Waals surface area contributed by atoms with Crippen LogP contribution in [0.25, 0.3) is 0 Å². The number of hydrogen-bond donors (Lipinski definition) is 1. The van der Waals surface area contributed by atoms with E-state index in [1.54, 1.807) is 25.3 Å². The summed E-state index contributed by atoms with van der Waals surface area (Å²) < 4.78 is 39.7. The Morgan fingerprint density at radius 3 is 1.96 bits per heavy atom. The van der Waals surface area contributed by atoms with Crippen LogP contribution in [0.2, 0.25) is 0 Å². The molecule has 0 aliphatic heterocycles. The molecule has 0 radical (unpaired) electrons. The summed E-state index contributed by atoms with van der Waals surface area (Å²) in [5.41, 5.74) is 1.14. The molecule has 0 spiro atoms. The van der Waals surface area contributed by atoms with Crippen LogP contribution in [0.5, 0.6) is 5.75 Å². The quantitative estimate of drug-likeness (QED) is 0.492. The highest BCUT2D eigenvalue weighted by Crippen LogP contribution is 2.40. The van der Waals surface area contributed by atoms with E-state index in [-0.39, 0.29) is 10.8 Å². The van der Waals surface area contributed by atoms with E-state index < -0.39 is 18.0 Å². The van der Waals surface area contributed by atoms with Crippen LogP contribution in [0, 0.1) is 0 Å². The lowest BCUT2D eigenvalue weighted by atomic mass is 10.0. The molecular weight excluding hydrogens is 391 g/mol. The van der Waals surface area contributed by atoms with Crippen LogP contribution in [0.1, 0.15) is 25.3 Å². The second-order valence-electron chi connectivity index (χ2n) is 6.66. The second kappa shape index (κ2) is 8.44. The van der Waals surface area contributed by atoms with Crippen molar-refractivity contribution >= 4 is 34.0 Å². The molecule has 28 heavy (non-hydrogen) atoms. The number of methoxy groups -OCH3 is 1. The van der Waals surface area contributed by atoms with Crippen molar-refractivity contribution < 1.29 is 17.7 Å². The average molecular weight is 414 g/mol. The normalized spacial score (nSPS) is 12.8. The van der Waals surface area contributed by atoms with Crippen molar-refractivity contribution in [3.05, 3.63) is 78.4 Å². The molecular formula is C22H23O4PS. The molecule has 1 unspecified atom stereocenters. The molecule has 0 heterocycles. The van der Waals surface area contributed by atoms with Crippen LogP contribution >= 0.6 is 7.92 Å². The van der Waals surface area contributed by atoms with Gasteiger partial charge in [-0.1, -0.05) is 74.5 Å². The number of benzene rings is 3. The standard InChI is InChI=1S/C22H23O4PS/c1-16(2)17-10-4-6-12-19(17)27(20-13-7-5-11-18(20)26-3)21-14-8-9-15-22(21)28(23,24)25/h4-16H,1-3H3,(H,23,24,25). The molecule has 0 saturated heterocycles. The van der Waals surface area contributed by atoms with Crippen LogP contribution in [0.3, 0.4) is 0 Å². The summed E-state index contributed by atoms with van der Waals surface area (Å²) in [6.07, 6.45) is 0. The van der Waals surface area contributed by atoms with Gasteiger partial charge in [0, 0.05) is 10.6 Å². The van der Waals surface area contributed by atoms with Gasteiger partial charge in [0.1, 0.15) is 10.6 Å². The van der Waals surface area contributed by atoms with E-state index >= 15 is 0 Å². The Bertz CT molecular complexity index is 1080. The first-order chi connectivity index (χ1) is 13.3. The monoisotopic (exact) mass is 414 g/mol. The Hall–Kier alpha value is -2.20. The summed E-state index contributed by atoms with van der Waals surface area (Å²) in [6.45, 7) is 4.23. The van der Waals surface area contributed by atoms with Crippen LogP contribution < -0.4 is 20.7 Å². The molecule has 1 N–H and O–H groups in total. The number of hydrogen-bond acceptors (Lipinski definition) is 3. The van der Waals surface area contributed by atoms with Crippen molar-refractivity contribution in [1.29, 1.82) is 0 Å². The summed E-state index contributed by atoms with van der Waals surface area (Å²) in [7, 11) is -4.04. The summed E-state index contributed by atoms with van der Waals surface area (Å²) in [6, 6.07) is 22.3. The van der Waals surface area contributed by atoms with E-state index in [1.807, 2.05) is 42.5 Å². The SMILES string of the molecule is COc1ccccc1P(c1ccccc1C(C)C)c1ccccc1S(=O)(=O)O. The van der Waals surface area contributed by atoms with Gasteiger partial charge in [-0.25, -0.2) is 0 Å². The van der Waals surface area contributed by atoms with Gasteiger partial charge in [-0.15, -0.1) is 0 Å². The maximum absolute atomic E-state index is 12.1. The Morgan fingerprint density at radius 2 is 1.36 bits per heavy atom. The van der Waals surface area contributed by atoms with Crippen LogP contribution in [-0.2, 0) is 10.1 Å². The van der Waals surface area contributed by atoms with Crippen LogP contribution in [-0.4, -0.2) is 20.1 Å². The van der Waals surface area contributed by atoms with E-state index in [2.05, 4.69) is 19.9 Å². The van der Waals surface area contributed by atoms with Gasteiger partial charge in [0.25, 0.3) is 10.1 Å². The fraction of sp³-hybridized carbons (Fsp3) is 0.182. The van der Waals surface area contributed by atoms with Crippen molar-refractivity contribution in [2.45, 2.75) is 24.7 Å². The zero-order valence-electron chi connectivity index (χ0n) is 16.0. The third-order valence-corrected chi connectivity index (χ3v) is 8.19. The molecule has 3 aromatic rings. The summed E-state index contributed by atoms with van der Waals surface area (Å²) >= 11 is 0. The highest BCUT2D eigenvalue weighted by Gasteiger charge is 2.28. The molecule has 6 heteroatoms. The Kier molecular flexibility index (Phi) is 6.19. The number of para-hydroxylation sites is 1. The summed E-state index contributed by atoms with van der Waals surface area (Å²) in [5, 5.41) is 2.54. The van der Waals surface area contributed by atoms with E-state index in [4.69, 9.17) is 4.74 Å². The third kappa shape index (κ3) is 4.12. The summed E-state index contributed by atoms with van der Waals surface area (Å²) in [5.74, 6) is 0.950. The Labute approximate surface area is 167 Å². The van der Waals surface area contributed by atoms with Gasteiger partial charge in [0.15, 0.2) is 0 Å². The molecule has 3 aromatic carbocycles. The number of rotatable bonds is 6. The molecule has 4 nitrogen and oxygen atoms in total. The van der Waals surface area contributed by atoms with Gasteiger partial charge in [0.2, 0.25) is 0 Å². The molecule has 0 bridgehead atoms. The fourth-order valence-corrected chi connectivity index (χ4v) is 7.20. The van der Waals surface area contributed by atoms with E-state index in [9.17, 15) is 13.0 Å². The van der Waals surface area contributed by atoms with Crippen LogP contribution in [0.15, 0.2) is 77.7 Å². The predicted molar refractivity (Wildman–Crippen MR) is 116 cm³/mol. The maximum atomic E-state index is 12.1. The lowest BCUT2D eigenvalue weighted by Gasteiger charge is -2.26. The number of ether oxygens (including phenoxy) is 1. The van der Waals surface area contributed by atoms with E-state index in [0.29, 0.717) is 11.1 Å². The summed E-state index contributed by atoms with van der Waals surface area (Å²) in [4.78, 5) is -0.0643. The van der Waals surface area contributed by atoms with Gasteiger partial charge in [0.05, 0.1) is 7.11 Å². The molecule has 3 rings (SSSR count). The van der Waals surface area contributed by atoms with Gasteiger partial charge >= 0.3 is 0 Å². The van der Waals surface area contributed by atoms with Gasteiger partial charge in [-0.05, 0) is 36.8 Å². The molecule has 1 atom stereocenters. The Balaban J connectivity index is 2.39. The fourth-order valence-electron chi connectivity index (χ4n) is 3.24. The molecule has 0 aliphatic carbocycles. The predicted octanol–water partition coefficient (Wildman–Crippen LogP) is 3.82.